The van der Waals surface area contributed by atoms with Gasteiger partial charge in [-0.3, -0.25) is 4.79 Å². The Morgan fingerprint density at radius 2 is 2.15 bits per heavy atom. The fraction of sp³-hybridized carbons (Fsp3) is 0.778. The molecule has 1 aliphatic heterocycles. The SMILES string of the molecule is N#CCC(=O)N1CCC(CN)CC1. The van der Waals surface area contributed by atoms with Crippen molar-refractivity contribution in [2.75, 3.05) is 19.6 Å². The summed E-state index contributed by atoms with van der Waals surface area (Å²) < 4.78 is 0. The van der Waals surface area contributed by atoms with Gasteiger partial charge < -0.3 is 10.6 Å². The quantitative estimate of drug-likeness (QED) is 0.656. The minimum Gasteiger partial charge on any atom is -0.342 e. The number of carbonyl (C=O) groups is 1. The number of nitriles is 1. The first-order valence-corrected chi connectivity index (χ1v) is 4.62. The smallest absolute Gasteiger partial charge is 0.236 e. The summed E-state index contributed by atoms with van der Waals surface area (Å²) in [4.78, 5) is 13.0. The summed E-state index contributed by atoms with van der Waals surface area (Å²) in [7, 11) is 0. The van der Waals surface area contributed by atoms with Crippen LogP contribution < -0.4 is 5.73 Å². The Kier molecular flexibility index (Phi) is 3.71. The third-order valence-electron chi connectivity index (χ3n) is 2.53. The normalized spacial score (nSPS) is 18.3. The predicted molar refractivity (Wildman–Crippen MR) is 48.6 cm³/mol. The van der Waals surface area contributed by atoms with Gasteiger partial charge in [-0.25, -0.2) is 0 Å². The maximum absolute atomic E-state index is 11.3. The summed E-state index contributed by atoms with van der Waals surface area (Å²) >= 11 is 0. The minimum atomic E-state index is -0.0435. The summed E-state index contributed by atoms with van der Waals surface area (Å²) in [5.41, 5.74) is 5.53. The van der Waals surface area contributed by atoms with Crippen molar-refractivity contribution in [3.63, 3.8) is 0 Å². The summed E-state index contributed by atoms with van der Waals surface area (Å²) in [6, 6.07) is 1.87. The molecule has 0 saturated carbocycles. The van der Waals surface area contributed by atoms with Gasteiger partial charge in [-0.05, 0) is 25.3 Å². The van der Waals surface area contributed by atoms with Crippen LogP contribution in [-0.2, 0) is 4.79 Å². The van der Waals surface area contributed by atoms with Crippen LogP contribution in [0.2, 0.25) is 0 Å². The van der Waals surface area contributed by atoms with Gasteiger partial charge in [0, 0.05) is 13.1 Å². The van der Waals surface area contributed by atoms with E-state index in [1.165, 1.54) is 0 Å². The van der Waals surface area contributed by atoms with E-state index in [-0.39, 0.29) is 12.3 Å². The average Bonchev–Trinajstić information content (AvgIpc) is 2.18. The fourth-order valence-corrected chi connectivity index (χ4v) is 1.60. The molecule has 2 N–H and O–H groups in total. The van der Waals surface area contributed by atoms with E-state index in [4.69, 9.17) is 11.0 Å². The molecule has 1 heterocycles. The van der Waals surface area contributed by atoms with Gasteiger partial charge in [0.05, 0.1) is 6.07 Å². The van der Waals surface area contributed by atoms with Crippen molar-refractivity contribution in [1.29, 1.82) is 5.26 Å². The molecule has 0 aromatic heterocycles. The van der Waals surface area contributed by atoms with E-state index in [0.717, 1.165) is 25.9 Å². The molecular weight excluding hydrogens is 166 g/mol. The molecule has 0 spiro atoms. The van der Waals surface area contributed by atoms with Crippen molar-refractivity contribution in [2.45, 2.75) is 19.3 Å². The van der Waals surface area contributed by atoms with Crippen molar-refractivity contribution in [2.24, 2.45) is 11.7 Å². The zero-order valence-corrected chi connectivity index (χ0v) is 7.70. The highest BCUT2D eigenvalue weighted by molar-refractivity contribution is 5.78. The highest BCUT2D eigenvalue weighted by atomic mass is 16.2. The first kappa shape index (κ1) is 10.0. The van der Waals surface area contributed by atoms with E-state index in [9.17, 15) is 4.79 Å². The number of likely N-dealkylation sites (tertiary alicyclic amines) is 1. The van der Waals surface area contributed by atoms with Crippen molar-refractivity contribution < 1.29 is 4.79 Å². The Balaban J connectivity index is 2.33. The lowest BCUT2D eigenvalue weighted by molar-refractivity contribution is -0.131. The van der Waals surface area contributed by atoms with Gasteiger partial charge in [-0.15, -0.1) is 0 Å². The number of rotatable bonds is 2. The number of amides is 1. The second kappa shape index (κ2) is 4.83. The molecule has 0 bridgehead atoms. The van der Waals surface area contributed by atoms with E-state index in [1.54, 1.807) is 4.90 Å². The maximum Gasteiger partial charge on any atom is 0.236 e. The van der Waals surface area contributed by atoms with E-state index < -0.39 is 0 Å². The van der Waals surface area contributed by atoms with Crippen LogP contribution in [0.5, 0.6) is 0 Å². The molecular formula is C9H15N3O. The molecule has 1 rings (SSSR count). The van der Waals surface area contributed by atoms with E-state index >= 15 is 0 Å². The Bertz CT molecular complexity index is 213. The second-order valence-electron chi connectivity index (χ2n) is 3.39. The minimum absolute atomic E-state index is 0.00723. The molecule has 72 valence electrons. The Labute approximate surface area is 78.3 Å². The summed E-state index contributed by atoms with van der Waals surface area (Å²) in [6.07, 6.45) is 1.97. The molecule has 0 atom stereocenters. The van der Waals surface area contributed by atoms with Crippen LogP contribution in [0.1, 0.15) is 19.3 Å². The van der Waals surface area contributed by atoms with Crippen LogP contribution in [-0.4, -0.2) is 30.4 Å². The van der Waals surface area contributed by atoms with Crippen molar-refractivity contribution in [3.05, 3.63) is 0 Å². The molecule has 1 fully saturated rings. The predicted octanol–water partition coefficient (Wildman–Crippen LogP) is 0.0974. The van der Waals surface area contributed by atoms with Gasteiger partial charge in [0.25, 0.3) is 0 Å². The second-order valence-corrected chi connectivity index (χ2v) is 3.39. The van der Waals surface area contributed by atoms with E-state index in [0.29, 0.717) is 12.5 Å². The monoisotopic (exact) mass is 181 g/mol. The summed E-state index contributed by atoms with van der Waals surface area (Å²) in [5, 5.41) is 8.35. The van der Waals surface area contributed by atoms with Crippen LogP contribution in [0.25, 0.3) is 0 Å². The van der Waals surface area contributed by atoms with E-state index in [2.05, 4.69) is 0 Å². The number of hydrogen-bond donors (Lipinski definition) is 1. The standard InChI is InChI=1S/C9H15N3O/c10-4-1-9(13)12-5-2-8(7-11)3-6-12/h8H,1-3,5-7,11H2. The Hall–Kier alpha value is -1.08. The van der Waals surface area contributed by atoms with E-state index in [1.807, 2.05) is 6.07 Å². The maximum atomic E-state index is 11.3. The third-order valence-corrected chi connectivity index (χ3v) is 2.53. The van der Waals surface area contributed by atoms with Gasteiger partial charge in [0.2, 0.25) is 5.91 Å². The molecule has 0 aromatic carbocycles. The molecule has 1 amide bonds. The highest BCUT2D eigenvalue weighted by Gasteiger charge is 2.21. The largest absolute Gasteiger partial charge is 0.342 e. The Morgan fingerprint density at radius 3 is 2.62 bits per heavy atom. The zero-order valence-electron chi connectivity index (χ0n) is 7.70. The Morgan fingerprint density at radius 1 is 1.54 bits per heavy atom. The first-order valence-electron chi connectivity index (χ1n) is 4.62. The number of nitrogens with zero attached hydrogens (tertiary/aromatic N) is 2. The van der Waals surface area contributed by atoms with Crippen molar-refractivity contribution >= 4 is 5.91 Å². The summed E-state index contributed by atoms with van der Waals surface area (Å²) in [5.74, 6) is 0.518. The number of piperidine rings is 1. The number of nitrogens with two attached hydrogens (primary N) is 1. The lowest BCUT2D eigenvalue weighted by Gasteiger charge is -2.30. The van der Waals surface area contributed by atoms with Crippen LogP contribution in [0.4, 0.5) is 0 Å². The van der Waals surface area contributed by atoms with Crippen molar-refractivity contribution in [1.82, 2.24) is 4.90 Å². The van der Waals surface area contributed by atoms with Gasteiger partial charge in [0.1, 0.15) is 6.42 Å². The van der Waals surface area contributed by atoms with Gasteiger partial charge in [0.15, 0.2) is 0 Å². The third kappa shape index (κ3) is 2.71. The van der Waals surface area contributed by atoms with Crippen LogP contribution in [0, 0.1) is 17.2 Å². The summed E-state index contributed by atoms with van der Waals surface area (Å²) in [6.45, 7) is 2.24. The first-order chi connectivity index (χ1) is 6.27. The molecule has 0 unspecified atom stereocenters. The molecule has 13 heavy (non-hydrogen) atoms. The highest BCUT2D eigenvalue weighted by Crippen LogP contribution is 2.16. The van der Waals surface area contributed by atoms with Gasteiger partial charge in [-0.2, -0.15) is 5.26 Å². The van der Waals surface area contributed by atoms with Gasteiger partial charge >= 0.3 is 0 Å². The van der Waals surface area contributed by atoms with Crippen LogP contribution in [0.15, 0.2) is 0 Å². The lowest BCUT2D eigenvalue weighted by Crippen LogP contribution is -2.39. The number of carbonyl (C=O) groups excluding carboxylic acids is 1. The lowest BCUT2D eigenvalue weighted by atomic mass is 9.97. The fourth-order valence-electron chi connectivity index (χ4n) is 1.60. The molecule has 1 saturated heterocycles. The van der Waals surface area contributed by atoms with Crippen LogP contribution in [0.3, 0.4) is 0 Å². The van der Waals surface area contributed by atoms with Crippen LogP contribution >= 0.6 is 0 Å². The molecule has 4 heteroatoms. The molecule has 0 radical (unpaired) electrons. The van der Waals surface area contributed by atoms with Crippen molar-refractivity contribution in [3.8, 4) is 6.07 Å². The molecule has 0 aromatic rings. The topological polar surface area (TPSA) is 70.1 Å². The molecule has 4 nitrogen and oxygen atoms in total. The average molecular weight is 181 g/mol. The zero-order chi connectivity index (χ0) is 9.68. The molecule has 1 aliphatic rings. The molecule has 0 aliphatic carbocycles. The number of hydrogen-bond acceptors (Lipinski definition) is 3. The van der Waals surface area contributed by atoms with Gasteiger partial charge in [-0.1, -0.05) is 0 Å².